The zero-order valence-electron chi connectivity index (χ0n) is 56.4. The van der Waals surface area contributed by atoms with Crippen LogP contribution in [0.15, 0.2) is 48.6 Å². The molecule has 0 aliphatic heterocycles. The monoisotopic (exact) mass is 1220 g/mol. The lowest BCUT2D eigenvalue weighted by molar-refractivity contribution is -0.161. The number of carbonyl (C=O) groups is 2. The van der Waals surface area contributed by atoms with Gasteiger partial charge in [-0.05, 0) is 77.0 Å². The Bertz CT molecular complexity index is 1530. The molecule has 0 amide bonds. The van der Waals surface area contributed by atoms with Gasteiger partial charge in [-0.1, -0.05) is 345 Å². The molecule has 0 heterocycles. The second-order valence-corrected chi connectivity index (χ2v) is 26.6. The Hall–Kier alpha value is -2.03. The summed E-state index contributed by atoms with van der Waals surface area (Å²) in [6, 6.07) is 0. The molecule has 0 aliphatic carbocycles. The number of unbranched alkanes of at least 4 members (excludes halogenated alkanes) is 50. The first-order chi connectivity index (χ1) is 41.8. The molecule has 3 N–H and O–H groups in total. The highest BCUT2D eigenvalue weighted by atomic mass is 31.2. The highest BCUT2D eigenvalue weighted by Gasteiger charge is 2.26. The van der Waals surface area contributed by atoms with Gasteiger partial charge in [0.2, 0.25) is 0 Å². The lowest BCUT2D eigenvalue weighted by Gasteiger charge is -2.19. The predicted molar refractivity (Wildman–Crippen MR) is 367 cm³/mol. The van der Waals surface area contributed by atoms with E-state index in [0.29, 0.717) is 6.42 Å². The summed E-state index contributed by atoms with van der Waals surface area (Å²) < 4.78 is 33.2. The van der Waals surface area contributed by atoms with E-state index >= 15 is 0 Å². The van der Waals surface area contributed by atoms with Gasteiger partial charge in [0, 0.05) is 19.4 Å². The largest absolute Gasteiger partial charge is 0.472 e. The molecule has 0 aromatic heterocycles. The van der Waals surface area contributed by atoms with Crippen LogP contribution < -0.4 is 5.73 Å². The minimum Gasteiger partial charge on any atom is -0.462 e. The van der Waals surface area contributed by atoms with Crippen LogP contribution >= 0.6 is 7.82 Å². The summed E-state index contributed by atoms with van der Waals surface area (Å²) in [5.74, 6) is -0.805. The number of phosphoric acid groups is 1. The Labute approximate surface area is 527 Å². The molecule has 0 aromatic rings. The van der Waals surface area contributed by atoms with Gasteiger partial charge in [0.05, 0.1) is 13.2 Å². The van der Waals surface area contributed by atoms with Crippen LogP contribution in [-0.4, -0.2) is 49.3 Å². The number of allylic oxidation sites excluding steroid dienone is 8. The van der Waals surface area contributed by atoms with Gasteiger partial charge < -0.3 is 20.1 Å². The summed E-state index contributed by atoms with van der Waals surface area (Å²) in [5, 5.41) is 0. The summed E-state index contributed by atoms with van der Waals surface area (Å²) in [5.41, 5.74) is 5.41. The highest BCUT2D eigenvalue weighted by molar-refractivity contribution is 7.47. The zero-order valence-corrected chi connectivity index (χ0v) is 57.3. The first-order valence-corrected chi connectivity index (χ1v) is 38.6. The zero-order chi connectivity index (χ0) is 61.6. The van der Waals surface area contributed by atoms with E-state index in [1.54, 1.807) is 0 Å². The maximum atomic E-state index is 12.8. The Morgan fingerprint density at radius 2 is 0.612 bits per heavy atom. The molecule has 0 aromatic carbocycles. The molecule has 9 nitrogen and oxygen atoms in total. The molecule has 85 heavy (non-hydrogen) atoms. The highest BCUT2D eigenvalue weighted by Crippen LogP contribution is 2.43. The number of esters is 2. The number of ether oxygens (including phenoxy) is 2. The molecule has 2 unspecified atom stereocenters. The number of nitrogens with two attached hydrogens (primary N) is 1. The maximum absolute atomic E-state index is 12.8. The third-order valence-corrected chi connectivity index (χ3v) is 17.7. The van der Waals surface area contributed by atoms with Crippen molar-refractivity contribution in [2.24, 2.45) is 5.73 Å². The summed E-state index contributed by atoms with van der Waals surface area (Å²) in [6.07, 6.45) is 90.8. The van der Waals surface area contributed by atoms with E-state index in [1.165, 1.54) is 308 Å². The molecular formula is C75H142NO8P. The van der Waals surface area contributed by atoms with Crippen LogP contribution in [0.3, 0.4) is 0 Å². The Morgan fingerprint density at radius 1 is 0.353 bits per heavy atom. The quantitative estimate of drug-likeness (QED) is 0.0264. The van der Waals surface area contributed by atoms with E-state index in [-0.39, 0.29) is 38.6 Å². The lowest BCUT2D eigenvalue weighted by atomic mass is 10.0. The van der Waals surface area contributed by atoms with Crippen molar-refractivity contribution in [3.05, 3.63) is 48.6 Å². The molecule has 0 saturated carbocycles. The molecule has 500 valence electrons. The normalized spacial score (nSPS) is 13.1. The van der Waals surface area contributed by atoms with Crippen molar-refractivity contribution in [2.75, 3.05) is 26.4 Å². The van der Waals surface area contributed by atoms with E-state index in [0.717, 1.165) is 44.9 Å². The van der Waals surface area contributed by atoms with E-state index in [4.69, 9.17) is 24.3 Å². The molecule has 0 bridgehead atoms. The molecule has 10 heteroatoms. The minimum atomic E-state index is -4.39. The van der Waals surface area contributed by atoms with Crippen LogP contribution in [0.25, 0.3) is 0 Å². The van der Waals surface area contributed by atoms with Crippen molar-refractivity contribution in [3.63, 3.8) is 0 Å². The first kappa shape index (κ1) is 83.0. The van der Waals surface area contributed by atoms with Crippen molar-refractivity contribution in [2.45, 2.75) is 392 Å². The van der Waals surface area contributed by atoms with Crippen LogP contribution in [0.4, 0.5) is 0 Å². The number of phosphoric ester groups is 1. The second-order valence-electron chi connectivity index (χ2n) is 25.2. The summed E-state index contributed by atoms with van der Waals surface area (Å²) in [6.45, 7) is 3.79. The number of hydrogen-bond acceptors (Lipinski definition) is 8. The number of rotatable bonds is 71. The van der Waals surface area contributed by atoms with Crippen molar-refractivity contribution in [1.29, 1.82) is 0 Å². The molecule has 0 saturated heterocycles. The van der Waals surface area contributed by atoms with Crippen LogP contribution in [0.5, 0.6) is 0 Å². The Morgan fingerprint density at radius 3 is 0.894 bits per heavy atom. The van der Waals surface area contributed by atoms with Crippen LogP contribution in [0.1, 0.15) is 386 Å². The maximum Gasteiger partial charge on any atom is 0.472 e. The fourth-order valence-electron chi connectivity index (χ4n) is 11.2. The topological polar surface area (TPSA) is 134 Å². The SMILES string of the molecule is CCCCCCC/C=C\C/C=C\CCCCCCCCCCCCCCCCCCCCCCCCCC(=O)OC(COC(=O)CCCCCCCCCCCCCCCCCCC/C=C\C/C=C\CCCCCCC)COP(=O)(O)OCCN. The molecular weight excluding hydrogens is 1070 g/mol. The molecule has 0 aliphatic rings. The summed E-state index contributed by atoms with van der Waals surface area (Å²) in [4.78, 5) is 35.4. The lowest BCUT2D eigenvalue weighted by Crippen LogP contribution is -2.29. The smallest absolute Gasteiger partial charge is 0.462 e. The molecule has 0 rings (SSSR count). The third-order valence-electron chi connectivity index (χ3n) is 16.7. The predicted octanol–water partition coefficient (Wildman–Crippen LogP) is 24.4. The third kappa shape index (κ3) is 70.9. The fraction of sp³-hybridized carbons (Fsp3) is 0.867. The fourth-order valence-corrected chi connectivity index (χ4v) is 11.9. The average molecular weight is 1220 g/mol. The summed E-state index contributed by atoms with van der Waals surface area (Å²) >= 11 is 0. The van der Waals surface area contributed by atoms with Crippen LogP contribution in [-0.2, 0) is 32.7 Å². The van der Waals surface area contributed by atoms with Gasteiger partial charge in [-0.2, -0.15) is 0 Å². The van der Waals surface area contributed by atoms with Gasteiger partial charge in [-0.15, -0.1) is 0 Å². The van der Waals surface area contributed by atoms with Gasteiger partial charge in [-0.25, -0.2) is 4.57 Å². The van der Waals surface area contributed by atoms with E-state index in [2.05, 4.69) is 62.5 Å². The van der Waals surface area contributed by atoms with E-state index in [9.17, 15) is 19.0 Å². The first-order valence-electron chi connectivity index (χ1n) is 37.1. The van der Waals surface area contributed by atoms with Gasteiger partial charge in [0.1, 0.15) is 6.61 Å². The molecule has 0 radical (unpaired) electrons. The van der Waals surface area contributed by atoms with Crippen molar-refractivity contribution in [1.82, 2.24) is 0 Å². The number of hydrogen-bond donors (Lipinski definition) is 2. The average Bonchev–Trinajstić information content (AvgIpc) is 3.52. The second kappa shape index (κ2) is 71.1. The Balaban J connectivity index is 3.79. The van der Waals surface area contributed by atoms with Gasteiger partial charge >= 0.3 is 19.8 Å². The van der Waals surface area contributed by atoms with Gasteiger partial charge in [0.15, 0.2) is 6.10 Å². The van der Waals surface area contributed by atoms with Crippen LogP contribution in [0, 0.1) is 0 Å². The minimum absolute atomic E-state index is 0.0555. The van der Waals surface area contributed by atoms with Crippen molar-refractivity contribution in [3.8, 4) is 0 Å². The van der Waals surface area contributed by atoms with Crippen molar-refractivity contribution < 1.29 is 37.6 Å². The molecule has 0 spiro atoms. The van der Waals surface area contributed by atoms with Crippen molar-refractivity contribution >= 4 is 19.8 Å². The Kier molecular flexibility index (Phi) is 69.4. The molecule has 0 fully saturated rings. The van der Waals surface area contributed by atoms with Gasteiger partial charge in [-0.3, -0.25) is 18.6 Å². The van der Waals surface area contributed by atoms with Crippen LogP contribution in [0.2, 0.25) is 0 Å². The number of carbonyl (C=O) groups excluding carboxylic acids is 2. The van der Waals surface area contributed by atoms with E-state index < -0.39 is 26.5 Å². The van der Waals surface area contributed by atoms with E-state index in [1.807, 2.05) is 0 Å². The summed E-state index contributed by atoms with van der Waals surface area (Å²) in [7, 11) is -4.39. The molecule has 2 atom stereocenters. The van der Waals surface area contributed by atoms with Gasteiger partial charge in [0.25, 0.3) is 0 Å². The standard InChI is InChI=1S/C75H142NO8P/c1-3-5-7-9-11-13-15-17-19-21-23-25-27-29-31-33-34-35-36-37-38-40-42-44-46-48-50-52-54-56-58-60-62-64-66-68-75(78)84-73(72-83-85(79,80)82-70-69-76)71-81-74(77)67-65-63-61-59-57-55-53-51-49-47-45-43-41-39-32-30-28-26-24-22-20-18-16-14-12-10-8-6-4-2/h15-18,21-24,73H,3-14,19-20,25-72,76H2,1-2H3,(H,79,80)/b17-15-,18-16-,23-21-,24-22-.